The Kier molecular flexibility index (Phi) is 4.82. The first-order chi connectivity index (χ1) is 12.3. The summed E-state index contributed by atoms with van der Waals surface area (Å²) in [5.41, 5.74) is 0.941. The summed E-state index contributed by atoms with van der Waals surface area (Å²) in [6.07, 6.45) is 0. The lowest BCUT2D eigenvalue weighted by atomic mass is 10.1. The standard InChI is InChI=1S/C17H19N3O5S/c1-10(2)15(17(21)24-9-12-8-11(3)25-19-12)18-16-13-6-4-5-7-14(13)26(22,23)20-16/h4-8,10,15H,9H2,1-3H3,(H,18,20)/t15-/m0/s1. The number of sulfonamides is 1. The number of nitrogens with one attached hydrogen (secondary N) is 1. The van der Waals surface area contributed by atoms with Gasteiger partial charge in [-0.05, 0) is 25.0 Å². The minimum Gasteiger partial charge on any atom is -0.457 e. The van der Waals surface area contributed by atoms with Gasteiger partial charge in [0.1, 0.15) is 23.9 Å². The van der Waals surface area contributed by atoms with E-state index < -0.39 is 22.0 Å². The van der Waals surface area contributed by atoms with E-state index in [0.717, 1.165) is 0 Å². The number of aromatic nitrogens is 1. The van der Waals surface area contributed by atoms with Crippen LogP contribution in [0.4, 0.5) is 0 Å². The van der Waals surface area contributed by atoms with Gasteiger partial charge in [-0.25, -0.2) is 13.2 Å². The van der Waals surface area contributed by atoms with E-state index >= 15 is 0 Å². The smallest absolute Gasteiger partial charge is 0.331 e. The maximum atomic E-state index is 12.5. The van der Waals surface area contributed by atoms with E-state index in [1.165, 1.54) is 6.07 Å². The molecule has 1 atom stereocenters. The van der Waals surface area contributed by atoms with Crippen molar-refractivity contribution in [2.24, 2.45) is 10.9 Å². The third-order valence-electron chi connectivity index (χ3n) is 3.84. The molecule has 0 saturated heterocycles. The van der Waals surface area contributed by atoms with E-state index in [1.807, 2.05) is 13.8 Å². The quantitative estimate of drug-likeness (QED) is 0.795. The number of esters is 1. The lowest BCUT2D eigenvalue weighted by Gasteiger charge is -2.16. The zero-order chi connectivity index (χ0) is 18.9. The molecule has 8 nitrogen and oxygen atoms in total. The van der Waals surface area contributed by atoms with Crippen LogP contribution < -0.4 is 4.72 Å². The fourth-order valence-corrected chi connectivity index (χ4v) is 3.80. The van der Waals surface area contributed by atoms with Gasteiger partial charge in [0.2, 0.25) is 0 Å². The molecule has 2 aromatic rings. The Morgan fingerprint density at radius 1 is 1.35 bits per heavy atom. The Bertz CT molecular complexity index is 962. The Morgan fingerprint density at radius 2 is 2.08 bits per heavy atom. The molecule has 1 aromatic heterocycles. The number of carbonyl (C=O) groups excluding carboxylic acids is 1. The predicted molar refractivity (Wildman–Crippen MR) is 93.0 cm³/mol. The second-order valence-electron chi connectivity index (χ2n) is 6.30. The van der Waals surface area contributed by atoms with Crippen LogP contribution in [0.25, 0.3) is 0 Å². The van der Waals surface area contributed by atoms with Crippen molar-refractivity contribution < 1.29 is 22.5 Å². The average Bonchev–Trinajstić information content (AvgIpc) is 3.11. The first-order valence-corrected chi connectivity index (χ1v) is 9.55. The summed E-state index contributed by atoms with van der Waals surface area (Å²) in [6.45, 7) is 5.33. The van der Waals surface area contributed by atoms with Crippen molar-refractivity contribution in [2.75, 3.05) is 0 Å². The highest BCUT2D eigenvalue weighted by molar-refractivity contribution is 7.90. The lowest BCUT2D eigenvalue weighted by Crippen LogP contribution is -2.31. The molecule has 2 heterocycles. The SMILES string of the molecule is Cc1cc(COC(=O)[C@@H](N=C2NS(=O)(=O)c3ccccc32)C(C)C)no1. The van der Waals surface area contributed by atoms with E-state index in [0.29, 0.717) is 17.0 Å². The number of hydrogen-bond acceptors (Lipinski definition) is 7. The van der Waals surface area contributed by atoms with Gasteiger partial charge in [0.05, 0.1) is 4.90 Å². The first-order valence-electron chi connectivity index (χ1n) is 8.07. The largest absolute Gasteiger partial charge is 0.457 e. The van der Waals surface area contributed by atoms with Gasteiger partial charge < -0.3 is 9.26 Å². The predicted octanol–water partition coefficient (Wildman–Crippen LogP) is 1.79. The summed E-state index contributed by atoms with van der Waals surface area (Å²) < 4.78 is 36.9. The summed E-state index contributed by atoms with van der Waals surface area (Å²) in [7, 11) is -3.66. The average molecular weight is 377 g/mol. The van der Waals surface area contributed by atoms with Crippen LogP contribution in [0.1, 0.15) is 30.9 Å². The van der Waals surface area contributed by atoms with Gasteiger partial charge in [-0.15, -0.1) is 0 Å². The molecule has 0 radical (unpaired) electrons. The van der Waals surface area contributed by atoms with Gasteiger partial charge in [0.25, 0.3) is 10.0 Å². The maximum Gasteiger partial charge on any atom is 0.331 e. The third kappa shape index (κ3) is 3.62. The van der Waals surface area contributed by atoms with Crippen molar-refractivity contribution in [3.05, 3.63) is 47.3 Å². The van der Waals surface area contributed by atoms with E-state index in [1.54, 1.807) is 31.2 Å². The highest BCUT2D eigenvalue weighted by Crippen LogP contribution is 2.23. The van der Waals surface area contributed by atoms with Gasteiger partial charge in [-0.2, -0.15) is 0 Å². The number of carbonyl (C=O) groups is 1. The third-order valence-corrected chi connectivity index (χ3v) is 5.24. The molecule has 26 heavy (non-hydrogen) atoms. The highest BCUT2D eigenvalue weighted by atomic mass is 32.2. The van der Waals surface area contributed by atoms with Crippen molar-refractivity contribution in [1.82, 2.24) is 9.88 Å². The number of fused-ring (bicyclic) bond motifs is 1. The highest BCUT2D eigenvalue weighted by Gasteiger charge is 2.33. The molecule has 1 aliphatic heterocycles. The number of ether oxygens (including phenoxy) is 1. The summed E-state index contributed by atoms with van der Waals surface area (Å²) in [5, 5.41) is 3.76. The minimum atomic E-state index is -3.66. The normalized spacial score (nSPS) is 17.8. The molecule has 1 aliphatic rings. The molecule has 3 rings (SSSR count). The van der Waals surface area contributed by atoms with Crippen molar-refractivity contribution in [2.45, 2.75) is 38.3 Å². The molecular weight excluding hydrogens is 358 g/mol. The van der Waals surface area contributed by atoms with E-state index in [4.69, 9.17) is 9.26 Å². The second-order valence-corrected chi connectivity index (χ2v) is 7.96. The van der Waals surface area contributed by atoms with Crippen molar-refractivity contribution in [3.8, 4) is 0 Å². The molecule has 0 aliphatic carbocycles. The molecule has 0 bridgehead atoms. The van der Waals surface area contributed by atoms with Crippen LogP contribution in [0.5, 0.6) is 0 Å². The minimum absolute atomic E-state index is 0.0352. The Balaban J connectivity index is 1.82. The van der Waals surface area contributed by atoms with Crippen LogP contribution in [0, 0.1) is 12.8 Å². The Morgan fingerprint density at radius 3 is 2.73 bits per heavy atom. The fraction of sp³-hybridized carbons (Fsp3) is 0.353. The van der Waals surface area contributed by atoms with Crippen LogP contribution in [-0.4, -0.2) is 31.4 Å². The zero-order valence-corrected chi connectivity index (χ0v) is 15.4. The maximum absolute atomic E-state index is 12.5. The Hall–Kier alpha value is -2.68. The molecule has 0 unspecified atom stereocenters. The number of rotatable bonds is 5. The summed E-state index contributed by atoms with van der Waals surface area (Å²) in [4.78, 5) is 16.9. The molecule has 1 aromatic carbocycles. The van der Waals surface area contributed by atoms with E-state index in [9.17, 15) is 13.2 Å². The van der Waals surface area contributed by atoms with Gasteiger partial charge in [-0.3, -0.25) is 9.71 Å². The van der Waals surface area contributed by atoms with Crippen LogP contribution in [0.15, 0.2) is 44.7 Å². The number of amidine groups is 1. The number of benzene rings is 1. The van der Waals surface area contributed by atoms with E-state index in [2.05, 4.69) is 14.9 Å². The number of hydrogen-bond donors (Lipinski definition) is 1. The van der Waals surface area contributed by atoms with Crippen molar-refractivity contribution >= 4 is 21.8 Å². The summed E-state index contributed by atoms with van der Waals surface area (Å²) in [5.74, 6) is 0.0187. The molecule has 0 spiro atoms. The topological polar surface area (TPSA) is 111 Å². The first kappa shape index (κ1) is 18.1. The number of nitrogens with zero attached hydrogens (tertiary/aromatic N) is 2. The summed E-state index contributed by atoms with van der Waals surface area (Å²) in [6, 6.07) is 7.31. The van der Waals surface area contributed by atoms with Gasteiger partial charge in [0.15, 0.2) is 6.04 Å². The molecule has 9 heteroatoms. The van der Waals surface area contributed by atoms with Crippen LogP contribution in [0.3, 0.4) is 0 Å². The van der Waals surface area contributed by atoms with Gasteiger partial charge in [0, 0.05) is 11.6 Å². The molecule has 0 saturated carbocycles. The van der Waals surface area contributed by atoms with Crippen molar-refractivity contribution in [3.63, 3.8) is 0 Å². The van der Waals surface area contributed by atoms with Crippen LogP contribution in [0.2, 0.25) is 0 Å². The van der Waals surface area contributed by atoms with Gasteiger partial charge >= 0.3 is 5.97 Å². The monoisotopic (exact) mass is 377 g/mol. The lowest BCUT2D eigenvalue weighted by molar-refractivity contribution is -0.147. The fourth-order valence-electron chi connectivity index (χ4n) is 2.56. The molecule has 0 amide bonds. The second kappa shape index (κ2) is 6.91. The Labute approximate surface area is 151 Å². The molecule has 0 fully saturated rings. The summed E-state index contributed by atoms with van der Waals surface area (Å²) >= 11 is 0. The molecule has 1 N–H and O–H groups in total. The van der Waals surface area contributed by atoms with Crippen LogP contribution >= 0.6 is 0 Å². The number of aliphatic imine (C=N–C) groups is 1. The molecular formula is C17H19N3O5S. The van der Waals surface area contributed by atoms with Crippen molar-refractivity contribution in [1.29, 1.82) is 0 Å². The van der Waals surface area contributed by atoms with E-state index in [-0.39, 0.29) is 23.3 Å². The number of aryl methyl sites for hydroxylation is 1. The molecule has 138 valence electrons. The van der Waals surface area contributed by atoms with Gasteiger partial charge in [-0.1, -0.05) is 31.1 Å². The zero-order valence-electron chi connectivity index (χ0n) is 14.6. The van der Waals surface area contributed by atoms with Crippen LogP contribution in [-0.2, 0) is 26.2 Å².